The first-order chi connectivity index (χ1) is 9.58. The van der Waals surface area contributed by atoms with E-state index in [0.717, 1.165) is 0 Å². The van der Waals surface area contributed by atoms with Gasteiger partial charge in [-0.1, -0.05) is 46.9 Å². The number of nitrogens with one attached hydrogen (secondary N) is 1. The Morgan fingerprint density at radius 2 is 1.75 bits per heavy atom. The second kappa shape index (κ2) is 6.75. The Balaban J connectivity index is 2.04. The molecule has 0 bridgehead atoms. The van der Waals surface area contributed by atoms with Crippen molar-refractivity contribution in [3.05, 3.63) is 68.7 Å². The summed E-state index contributed by atoms with van der Waals surface area (Å²) in [6, 6.07) is 11.7. The highest BCUT2D eigenvalue weighted by molar-refractivity contribution is 6.43. The smallest absolute Gasteiger partial charge is 0.267 e. The number of hydrazone groups is 1. The van der Waals surface area contributed by atoms with E-state index in [4.69, 9.17) is 34.8 Å². The van der Waals surface area contributed by atoms with Gasteiger partial charge in [-0.05, 0) is 30.3 Å². The van der Waals surface area contributed by atoms with Crippen LogP contribution >= 0.6 is 34.8 Å². The molecule has 3 nitrogen and oxygen atoms in total. The molecule has 0 atom stereocenters. The normalized spacial score (nSPS) is 10.8. The number of hydrogen-bond acceptors (Lipinski definition) is 2. The number of benzene rings is 2. The third kappa shape index (κ3) is 3.73. The van der Waals surface area contributed by atoms with Gasteiger partial charge in [-0.3, -0.25) is 4.79 Å². The zero-order valence-electron chi connectivity index (χ0n) is 10.1. The molecule has 0 saturated heterocycles. The molecule has 0 aliphatic carbocycles. The molecule has 2 rings (SSSR count). The number of hydrogen-bond donors (Lipinski definition) is 1. The van der Waals surface area contributed by atoms with Crippen LogP contribution in [0.5, 0.6) is 0 Å². The summed E-state index contributed by atoms with van der Waals surface area (Å²) in [6.45, 7) is 0. The lowest BCUT2D eigenvalue weighted by atomic mass is 10.2. The summed E-state index contributed by atoms with van der Waals surface area (Å²) >= 11 is 17.6. The van der Waals surface area contributed by atoms with Crippen molar-refractivity contribution >= 4 is 46.9 Å². The van der Waals surface area contributed by atoms with Crippen molar-refractivity contribution in [2.75, 3.05) is 0 Å². The lowest BCUT2D eigenvalue weighted by Crippen LogP contribution is -2.17. The molecule has 2 aromatic carbocycles. The van der Waals surface area contributed by atoms with Crippen LogP contribution in [0.4, 0.5) is 0 Å². The average Bonchev–Trinajstić information content (AvgIpc) is 2.44. The first-order valence-electron chi connectivity index (χ1n) is 5.61. The zero-order valence-corrected chi connectivity index (χ0v) is 12.4. The summed E-state index contributed by atoms with van der Waals surface area (Å²) in [5.74, 6) is -0.337. The molecule has 0 heterocycles. The maximum atomic E-state index is 11.8. The van der Waals surface area contributed by atoms with Crippen LogP contribution < -0.4 is 5.43 Å². The summed E-state index contributed by atoms with van der Waals surface area (Å²) in [5, 5.41) is 5.23. The van der Waals surface area contributed by atoms with Crippen molar-refractivity contribution in [3.8, 4) is 0 Å². The maximum Gasteiger partial charge on any atom is 0.271 e. The van der Waals surface area contributed by atoms with Crippen molar-refractivity contribution in [3.63, 3.8) is 0 Å². The van der Waals surface area contributed by atoms with Gasteiger partial charge in [0.2, 0.25) is 0 Å². The van der Waals surface area contributed by atoms with Crippen molar-refractivity contribution in [1.82, 2.24) is 5.43 Å². The van der Waals surface area contributed by atoms with Crippen molar-refractivity contribution in [2.24, 2.45) is 5.10 Å². The minimum atomic E-state index is -0.337. The molecule has 0 saturated carbocycles. The highest BCUT2D eigenvalue weighted by Crippen LogP contribution is 2.24. The van der Waals surface area contributed by atoms with Crippen LogP contribution in [-0.2, 0) is 0 Å². The molecule has 0 radical (unpaired) electrons. The van der Waals surface area contributed by atoms with Crippen molar-refractivity contribution in [1.29, 1.82) is 0 Å². The molecule has 6 heteroatoms. The van der Waals surface area contributed by atoms with E-state index >= 15 is 0 Å². The molecule has 0 fully saturated rings. The van der Waals surface area contributed by atoms with E-state index in [1.54, 1.807) is 42.5 Å². The molecular formula is C14H9Cl3N2O. The Kier molecular flexibility index (Phi) is 5.01. The highest BCUT2D eigenvalue weighted by atomic mass is 35.5. The van der Waals surface area contributed by atoms with Gasteiger partial charge >= 0.3 is 0 Å². The SMILES string of the molecule is O=C(N/N=C/c1cccc(Cl)c1Cl)c1ccc(Cl)cc1. The van der Waals surface area contributed by atoms with Gasteiger partial charge in [-0.2, -0.15) is 5.10 Å². The standard InChI is InChI=1S/C14H9Cl3N2O/c15-11-6-4-9(5-7-11)14(20)19-18-8-10-2-1-3-12(16)13(10)17/h1-8H,(H,19,20)/b18-8+. The van der Waals surface area contributed by atoms with Crippen molar-refractivity contribution < 1.29 is 4.79 Å². The van der Waals surface area contributed by atoms with E-state index < -0.39 is 0 Å². The molecule has 2 aromatic rings. The number of rotatable bonds is 3. The summed E-state index contributed by atoms with van der Waals surface area (Å²) < 4.78 is 0. The molecule has 1 N–H and O–H groups in total. The molecule has 0 unspecified atom stereocenters. The van der Waals surface area contributed by atoms with Gasteiger partial charge in [0.15, 0.2) is 0 Å². The predicted octanol–water partition coefficient (Wildman–Crippen LogP) is 4.41. The number of carbonyl (C=O) groups is 1. The average molecular weight is 328 g/mol. The largest absolute Gasteiger partial charge is 0.271 e. The number of halogens is 3. The number of nitrogens with zero attached hydrogens (tertiary/aromatic N) is 1. The molecule has 102 valence electrons. The topological polar surface area (TPSA) is 41.5 Å². The Morgan fingerprint density at radius 1 is 1.05 bits per heavy atom. The number of carbonyl (C=O) groups excluding carboxylic acids is 1. The van der Waals surface area contributed by atoms with E-state index in [1.165, 1.54) is 6.21 Å². The van der Waals surface area contributed by atoms with E-state index in [9.17, 15) is 4.79 Å². The maximum absolute atomic E-state index is 11.8. The minimum absolute atomic E-state index is 0.337. The fourth-order valence-corrected chi connectivity index (χ4v) is 1.93. The summed E-state index contributed by atoms with van der Waals surface area (Å²) in [4.78, 5) is 11.8. The predicted molar refractivity (Wildman–Crippen MR) is 83.0 cm³/mol. The quantitative estimate of drug-likeness (QED) is 0.658. The summed E-state index contributed by atoms with van der Waals surface area (Å²) in [7, 11) is 0. The minimum Gasteiger partial charge on any atom is -0.267 e. The lowest BCUT2D eigenvalue weighted by Gasteiger charge is -2.01. The number of amides is 1. The molecule has 20 heavy (non-hydrogen) atoms. The monoisotopic (exact) mass is 326 g/mol. The third-order valence-electron chi connectivity index (χ3n) is 2.46. The van der Waals surface area contributed by atoms with E-state index in [-0.39, 0.29) is 5.91 Å². The molecule has 1 amide bonds. The molecule has 0 aromatic heterocycles. The van der Waals surface area contributed by atoms with Gasteiger partial charge < -0.3 is 0 Å². The van der Waals surface area contributed by atoms with E-state index in [2.05, 4.69) is 10.5 Å². The molecular weight excluding hydrogens is 319 g/mol. The summed E-state index contributed by atoms with van der Waals surface area (Å²) in [5.41, 5.74) is 3.48. The fourth-order valence-electron chi connectivity index (χ4n) is 1.45. The first-order valence-corrected chi connectivity index (χ1v) is 6.74. The van der Waals surface area contributed by atoms with Gasteiger partial charge in [-0.15, -0.1) is 0 Å². The Hall–Kier alpha value is -1.55. The molecule has 0 spiro atoms. The van der Waals surface area contributed by atoms with Crippen LogP contribution in [0.2, 0.25) is 15.1 Å². The second-order valence-electron chi connectivity index (χ2n) is 3.85. The molecule has 0 aliphatic rings. The van der Waals surface area contributed by atoms with Gasteiger partial charge in [-0.25, -0.2) is 5.43 Å². The van der Waals surface area contributed by atoms with E-state index in [1.807, 2.05) is 0 Å². The fraction of sp³-hybridized carbons (Fsp3) is 0. The van der Waals surface area contributed by atoms with Gasteiger partial charge in [0.05, 0.1) is 16.3 Å². The van der Waals surface area contributed by atoms with Gasteiger partial charge in [0, 0.05) is 16.1 Å². The van der Waals surface area contributed by atoms with E-state index in [0.29, 0.717) is 26.2 Å². The van der Waals surface area contributed by atoms with Crippen LogP contribution in [0.1, 0.15) is 15.9 Å². The Bertz CT molecular complexity index is 654. The highest BCUT2D eigenvalue weighted by Gasteiger charge is 2.04. The lowest BCUT2D eigenvalue weighted by molar-refractivity contribution is 0.0955. The third-order valence-corrected chi connectivity index (χ3v) is 3.54. The molecule has 0 aliphatic heterocycles. The van der Waals surface area contributed by atoms with Gasteiger partial charge in [0.1, 0.15) is 0 Å². The van der Waals surface area contributed by atoms with Crippen LogP contribution in [-0.4, -0.2) is 12.1 Å². The van der Waals surface area contributed by atoms with Crippen LogP contribution in [0, 0.1) is 0 Å². The van der Waals surface area contributed by atoms with Crippen molar-refractivity contribution in [2.45, 2.75) is 0 Å². The van der Waals surface area contributed by atoms with Gasteiger partial charge in [0.25, 0.3) is 5.91 Å². The first kappa shape index (κ1) is 14.9. The Labute approximate surface area is 131 Å². The van der Waals surface area contributed by atoms with Crippen LogP contribution in [0.3, 0.4) is 0 Å². The summed E-state index contributed by atoms with van der Waals surface area (Å²) in [6.07, 6.45) is 1.43. The zero-order chi connectivity index (χ0) is 14.5. The van der Waals surface area contributed by atoms with Crippen LogP contribution in [0.15, 0.2) is 47.6 Å². The van der Waals surface area contributed by atoms with Crippen LogP contribution in [0.25, 0.3) is 0 Å². The Morgan fingerprint density at radius 3 is 2.45 bits per heavy atom. The second-order valence-corrected chi connectivity index (χ2v) is 5.07.